The number of anilines is 4. The Bertz CT molecular complexity index is 2600. The molecule has 0 radical (unpaired) electrons. The average molecular weight is 860 g/mol. The molecule has 1 unspecified atom stereocenters. The molecule has 8 rings (SSSR count). The standard InChI is InChI=1S/C41H44F3N11O5S/c1-3-52(2)61(59,60)51-32-6-5-30(42)36(37(32)44)38(57)29-23-46-39-28(29)18-24(20-45-39)25-21-47-41(48-22-25)55-16-14-53(15-17-55)27-10-12-54(13-11-27)34-8-4-26(19-31(34)43)49-33-7-9-35(56)50-40(33)58/h4-6,8,18-23,27,33,49,51H,3,7,9-17H2,1-2H3,(H,45,46)(H,50,56,58). The maximum atomic E-state index is 15.6. The van der Waals surface area contributed by atoms with E-state index in [-0.39, 0.29) is 30.3 Å². The molecule has 3 aliphatic heterocycles. The van der Waals surface area contributed by atoms with E-state index in [9.17, 15) is 22.8 Å². The smallest absolute Gasteiger partial charge is 0.301 e. The average Bonchev–Trinajstić information content (AvgIpc) is 3.69. The molecule has 61 heavy (non-hydrogen) atoms. The summed E-state index contributed by atoms with van der Waals surface area (Å²) in [5, 5.41) is 5.64. The molecule has 6 heterocycles. The van der Waals surface area contributed by atoms with Gasteiger partial charge in [0.05, 0.1) is 16.9 Å². The third-order valence-corrected chi connectivity index (χ3v) is 13.2. The predicted octanol–water partition coefficient (Wildman–Crippen LogP) is 4.28. The fraction of sp³-hybridized carbons (Fsp3) is 0.366. The molecule has 2 aromatic carbocycles. The summed E-state index contributed by atoms with van der Waals surface area (Å²) in [7, 11) is -2.86. The number of piperidine rings is 2. The minimum atomic E-state index is -4.15. The Hall–Kier alpha value is -6.12. The SMILES string of the molecule is CCN(C)S(=O)(=O)Nc1ccc(F)c(C(=O)c2c[nH]c3ncc(-c4cnc(N5CCN(C6CCN(c7ccc(NC8CCC(=O)NC8=O)cc7F)CC6)CC5)nc4)cc23)c1F. The summed E-state index contributed by atoms with van der Waals surface area (Å²) in [6.07, 6.45) is 8.53. The highest BCUT2D eigenvalue weighted by atomic mass is 32.2. The lowest BCUT2D eigenvalue weighted by molar-refractivity contribution is -0.133. The second-order valence-corrected chi connectivity index (χ2v) is 17.1. The number of imide groups is 1. The highest BCUT2D eigenvalue weighted by molar-refractivity contribution is 7.90. The number of halogens is 3. The number of carbonyl (C=O) groups is 3. The quantitative estimate of drug-likeness (QED) is 0.103. The number of carbonyl (C=O) groups excluding carboxylic acids is 3. The molecule has 3 fully saturated rings. The number of nitrogens with one attached hydrogen (secondary N) is 4. The normalized spacial score (nSPS) is 18.2. The van der Waals surface area contributed by atoms with E-state index in [1.165, 1.54) is 19.3 Å². The van der Waals surface area contributed by atoms with Crippen LogP contribution in [-0.4, -0.2) is 120 Å². The van der Waals surface area contributed by atoms with Crippen molar-refractivity contribution in [3.8, 4) is 11.1 Å². The fourth-order valence-electron chi connectivity index (χ4n) is 7.99. The van der Waals surface area contributed by atoms with Crippen LogP contribution in [0.5, 0.6) is 0 Å². The van der Waals surface area contributed by atoms with Gasteiger partial charge in [0.25, 0.3) is 0 Å². The summed E-state index contributed by atoms with van der Waals surface area (Å²) in [4.78, 5) is 60.3. The molecule has 0 bridgehead atoms. The number of piperazine rings is 1. The number of pyridine rings is 1. The molecule has 3 aromatic heterocycles. The van der Waals surface area contributed by atoms with Gasteiger partial charge in [-0.2, -0.15) is 12.7 Å². The third-order valence-electron chi connectivity index (χ3n) is 11.6. The number of nitrogens with zero attached hydrogens (tertiary/aromatic N) is 7. The van der Waals surface area contributed by atoms with Gasteiger partial charge in [0.15, 0.2) is 5.82 Å². The van der Waals surface area contributed by atoms with Gasteiger partial charge in [0.2, 0.25) is 23.5 Å². The zero-order valence-electron chi connectivity index (χ0n) is 33.4. The van der Waals surface area contributed by atoms with Crippen molar-refractivity contribution in [2.75, 3.05) is 72.7 Å². The van der Waals surface area contributed by atoms with Gasteiger partial charge >= 0.3 is 10.2 Å². The lowest BCUT2D eigenvalue weighted by Crippen LogP contribution is -2.53. The maximum absolute atomic E-state index is 15.6. The van der Waals surface area contributed by atoms with Gasteiger partial charge in [0, 0.05) is 118 Å². The highest BCUT2D eigenvalue weighted by Crippen LogP contribution is 2.31. The Morgan fingerprint density at radius 2 is 1.61 bits per heavy atom. The zero-order chi connectivity index (χ0) is 43.0. The molecule has 3 saturated heterocycles. The number of fused-ring (bicyclic) bond motifs is 1. The van der Waals surface area contributed by atoms with Crippen LogP contribution in [0.15, 0.2) is 61.2 Å². The van der Waals surface area contributed by atoms with E-state index >= 15 is 13.2 Å². The van der Waals surface area contributed by atoms with Crippen LogP contribution >= 0.6 is 0 Å². The third kappa shape index (κ3) is 8.60. The van der Waals surface area contributed by atoms with Crippen LogP contribution < -0.4 is 25.2 Å². The molecule has 320 valence electrons. The number of aromatic amines is 1. The predicted molar refractivity (Wildman–Crippen MR) is 223 cm³/mol. The first-order chi connectivity index (χ1) is 29.3. The van der Waals surface area contributed by atoms with Crippen molar-refractivity contribution in [1.82, 2.24) is 34.5 Å². The molecule has 5 aromatic rings. The van der Waals surface area contributed by atoms with E-state index in [1.807, 2.05) is 0 Å². The summed E-state index contributed by atoms with van der Waals surface area (Å²) in [5.74, 6) is -4.01. The summed E-state index contributed by atoms with van der Waals surface area (Å²) in [6, 6.07) is 8.07. The first-order valence-electron chi connectivity index (χ1n) is 20.0. The van der Waals surface area contributed by atoms with E-state index < -0.39 is 50.8 Å². The summed E-state index contributed by atoms with van der Waals surface area (Å²) in [5.41, 5.74) is 0.946. The fourth-order valence-corrected chi connectivity index (χ4v) is 8.92. The number of benzene rings is 2. The lowest BCUT2D eigenvalue weighted by atomic mass is 10.0. The first kappa shape index (κ1) is 41.6. The van der Waals surface area contributed by atoms with E-state index in [0.717, 1.165) is 42.4 Å². The van der Waals surface area contributed by atoms with Crippen LogP contribution in [0.3, 0.4) is 0 Å². The Balaban J connectivity index is 0.870. The number of H-pyrrole nitrogens is 1. The molecule has 16 nitrogen and oxygen atoms in total. The Kier molecular flexibility index (Phi) is 11.7. The van der Waals surface area contributed by atoms with Gasteiger partial charge in [-0.15, -0.1) is 0 Å². The Morgan fingerprint density at radius 3 is 2.30 bits per heavy atom. The minimum Gasteiger partial charge on any atom is -0.374 e. The minimum absolute atomic E-state index is 0.0590. The number of aromatic nitrogens is 4. The van der Waals surface area contributed by atoms with Gasteiger partial charge in [-0.1, -0.05) is 6.92 Å². The van der Waals surface area contributed by atoms with Crippen molar-refractivity contribution in [1.29, 1.82) is 0 Å². The van der Waals surface area contributed by atoms with Gasteiger partial charge in [-0.3, -0.25) is 29.3 Å². The number of hydrogen-bond donors (Lipinski definition) is 4. The molecule has 1 atom stereocenters. The van der Waals surface area contributed by atoms with Crippen molar-refractivity contribution < 1.29 is 36.0 Å². The summed E-state index contributed by atoms with van der Waals surface area (Å²) in [6.45, 7) is 6.13. The summed E-state index contributed by atoms with van der Waals surface area (Å²) >= 11 is 0. The Labute approximate surface area is 349 Å². The largest absolute Gasteiger partial charge is 0.374 e. The number of ketones is 1. The summed E-state index contributed by atoms with van der Waals surface area (Å²) < 4.78 is 74.0. The lowest BCUT2D eigenvalue weighted by Gasteiger charge is -2.43. The van der Waals surface area contributed by atoms with Crippen LogP contribution in [0.25, 0.3) is 22.2 Å². The van der Waals surface area contributed by atoms with Crippen LogP contribution in [0, 0.1) is 17.5 Å². The monoisotopic (exact) mass is 859 g/mol. The van der Waals surface area contributed by atoms with Crippen molar-refractivity contribution in [2.24, 2.45) is 0 Å². The van der Waals surface area contributed by atoms with Crippen molar-refractivity contribution in [2.45, 2.75) is 44.7 Å². The molecule has 3 aliphatic rings. The topological polar surface area (TPSA) is 189 Å². The first-order valence-corrected chi connectivity index (χ1v) is 21.4. The molecular formula is C41H44F3N11O5S. The number of rotatable bonds is 12. The Morgan fingerprint density at radius 1 is 0.885 bits per heavy atom. The van der Waals surface area contributed by atoms with Crippen LogP contribution in [0.1, 0.15) is 48.5 Å². The highest BCUT2D eigenvalue weighted by Gasteiger charge is 2.31. The molecular weight excluding hydrogens is 816 g/mol. The molecule has 0 aliphatic carbocycles. The molecule has 20 heteroatoms. The molecule has 2 amide bonds. The molecule has 0 saturated carbocycles. The zero-order valence-corrected chi connectivity index (χ0v) is 34.2. The van der Waals surface area contributed by atoms with Gasteiger partial charge < -0.3 is 20.1 Å². The van der Waals surface area contributed by atoms with Gasteiger partial charge in [0.1, 0.15) is 23.3 Å². The van der Waals surface area contributed by atoms with Crippen molar-refractivity contribution in [3.05, 3.63) is 89.8 Å². The van der Waals surface area contributed by atoms with Gasteiger partial charge in [-0.25, -0.2) is 28.1 Å². The van der Waals surface area contributed by atoms with Crippen molar-refractivity contribution in [3.63, 3.8) is 0 Å². The van der Waals surface area contributed by atoms with Crippen LogP contribution in [-0.2, 0) is 19.8 Å². The second-order valence-electron chi connectivity index (χ2n) is 15.3. The molecule has 0 spiro atoms. The van der Waals surface area contributed by atoms with Crippen LogP contribution in [0.2, 0.25) is 0 Å². The van der Waals surface area contributed by atoms with E-state index in [2.05, 4.69) is 50.0 Å². The van der Waals surface area contributed by atoms with E-state index in [1.54, 1.807) is 43.7 Å². The number of amides is 2. The van der Waals surface area contributed by atoms with E-state index in [4.69, 9.17) is 0 Å². The van der Waals surface area contributed by atoms with E-state index in [0.29, 0.717) is 78.1 Å². The van der Waals surface area contributed by atoms with Crippen LogP contribution in [0.4, 0.5) is 36.2 Å². The second kappa shape index (κ2) is 17.1. The van der Waals surface area contributed by atoms with Crippen molar-refractivity contribution >= 4 is 61.9 Å². The number of hydrogen-bond acceptors (Lipinski definition) is 12. The van der Waals surface area contributed by atoms with Gasteiger partial charge in [-0.05, 0) is 55.7 Å². The maximum Gasteiger partial charge on any atom is 0.301 e. The molecule has 4 N–H and O–H groups in total.